The lowest BCUT2D eigenvalue weighted by Crippen LogP contribution is -2.33. The summed E-state index contributed by atoms with van der Waals surface area (Å²) in [7, 11) is 0. The molecule has 2 unspecified atom stereocenters. The van der Waals surface area contributed by atoms with Crippen LogP contribution in [0.2, 0.25) is 0 Å². The molecule has 0 aromatic carbocycles. The molecule has 0 amide bonds. The van der Waals surface area contributed by atoms with Gasteiger partial charge < -0.3 is 5.11 Å². The molecule has 0 aromatic heterocycles. The van der Waals surface area contributed by atoms with E-state index >= 15 is 0 Å². The Labute approximate surface area is 68.8 Å². The Balaban J connectivity index is 4.25. The molecule has 0 rings (SSSR count). The summed E-state index contributed by atoms with van der Waals surface area (Å²) in [6, 6.07) is 2.11. The van der Waals surface area contributed by atoms with Gasteiger partial charge in [0.1, 0.15) is 0 Å². The van der Waals surface area contributed by atoms with Crippen LogP contribution < -0.4 is 0 Å². The third kappa shape index (κ3) is 2.51. The Morgan fingerprint density at radius 1 is 1.55 bits per heavy atom. The minimum absolute atomic E-state index is 0.199. The van der Waals surface area contributed by atoms with Gasteiger partial charge in [0.05, 0.1) is 17.6 Å². The van der Waals surface area contributed by atoms with Crippen LogP contribution in [-0.2, 0) is 0 Å². The Morgan fingerprint density at radius 3 is 2.27 bits per heavy atom. The molecular formula is C9H17NO. The highest BCUT2D eigenvalue weighted by molar-refractivity contribution is 4.98. The van der Waals surface area contributed by atoms with E-state index in [1.54, 1.807) is 13.8 Å². The first kappa shape index (κ1) is 10.4. The lowest BCUT2D eigenvalue weighted by Gasteiger charge is -2.27. The van der Waals surface area contributed by atoms with Gasteiger partial charge in [-0.2, -0.15) is 5.26 Å². The van der Waals surface area contributed by atoms with E-state index in [0.717, 1.165) is 6.42 Å². The maximum atomic E-state index is 9.62. The molecule has 0 heterocycles. The van der Waals surface area contributed by atoms with Crippen LogP contribution >= 0.6 is 0 Å². The minimum Gasteiger partial charge on any atom is -0.391 e. The first-order valence-electron chi connectivity index (χ1n) is 4.05. The first-order chi connectivity index (χ1) is 4.95. The molecule has 0 fully saturated rings. The Morgan fingerprint density at radius 2 is 2.00 bits per heavy atom. The zero-order valence-corrected chi connectivity index (χ0v) is 7.76. The average molecular weight is 155 g/mol. The van der Waals surface area contributed by atoms with Gasteiger partial charge in [0, 0.05) is 0 Å². The van der Waals surface area contributed by atoms with E-state index in [1.807, 2.05) is 13.8 Å². The molecule has 2 atom stereocenters. The SMILES string of the molecule is CCC(C)C(O)C(C)(C)C#N. The van der Waals surface area contributed by atoms with Crippen molar-refractivity contribution in [3.63, 3.8) is 0 Å². The lowest BCUT2D eigenvalue weighted by molar-refractivity contribution is 0.0369. The predicted molar refractivity (Wildman–Crippen MR) is 44.9 cm³/mol. The summed E-state index contributed by atoms with van der Waals surface area (Å²) in [6.07, 6.45) is 0.393. The van der Waals surface area contributed by atoms with Crippen LogP contribution in [0.3, 0.4) is 0 Å². The second-order valence-electron chi connectivity index (χ2n) is 3.66. The fourth-order valence-electron chi connectivity index (χ4n) is 1.00. The van der Waals surface area contributed by atoms with Gasteiger partial charge >= 0.3 is 0 Å². The van der Waals surface area contributed by atoms with Gasteiger partial charge in [-0.25, -0.2) is 0 Å². The van der Waals surface area contributed by atoms with Crippen molar-refractivity contribution < 1.29 is 5.11 Å². The van der Waals surface area contributed by atoms with Crippen molar-refractivity contribution >= 4 is 0 Å². The van der Waals surface area contributed by atoms with Crippen LogP contribution in [0.15, 0.2) is 0 Å². The molecule has 0 aliphatic carbocycles. The minimum atomic E-state index is -0.616. The highest BCUT2D eigenvalue weighted by Crippen LogP contribution is 2.26. The predicted octanol–water partition coefficient (Wildman–Crippen LogP) is 1.94. The standard InChI is InChI=1S/C9H17NO/c1-5-7(2)8(11)9(3,4)6-10/h7-8,11H,5H2,1-4H3. The van der Waals surface area contributed by atoms with Crippen molar-refractivity contribution in [2.75, 3.05) is 0 Å². The van der Waals surface area contributed by atoms with Crippen molar-refractivity contribution in [3.05, 3.63) is 0 Å². The van der Waals surface area contributed by atoms with Gasteiger partial charge in [0.15, 0.2) is 0 Å². The fraction of sp³-hybridized carbons (Fsp3) is 0.889. The van der Waals surface area contributed by atoms with Crippen molar-refractivity contribution in [1.29, 1.82) is 5.26 Å². The average Bonchev–Trinajstić information content (AvgIpc) is 2.01. The molecule has 2 heteroatoms. The molecule has 0 aromatic rings. The normalized spacial score (nSPS) is 17.1. The molecule has 0 bridgehead atoms. The summed E-state index contributed by atoms with van der Waals surface area (Å²) in [5, 5.41) is 18.3. The molecule has 1 N–H and O–H groups in total. The summed E-state index contributed by atoms with van der Waals surface area (Å²) in [5.41, 5.74) is -0.616. The van der Waals surface area contributed by atoms with Crippen LogP contribution in [0.1, 0.15) is 34.1 Å². The molecule has 0 spiro atoms. The van der Waals surface area contributed by atoms with E-state index in [-0.39, 0.29) is 5.92 Å². The summed E-state index contributed by atoms with van der Waals surface area (Å²) in [4.78, 5) is 0. The Bertz CT molecular complexity index is 157. The van der Waals surface area contributed by atoms with E-state index in [1.165, 1.54) is 0 Å². The first-order valence-corrected chi connectivity index (χ1v) is 4.05. The van der Waals surface area contributed by atoms with E-state index in [2.05, 4.69) is 6.07 Å². The van der Waals surface area contributed by atoms with Crippen LogP contribution in [0, 0.1) is 22.7 Å². The van der Waals surface area contributed by atoms with Crippen molar-refractivity contribution in [2.45, 2.75) is 40.2 Å². The van der Waals surface area contributed by atoms with E-state index in [0.29, 0.717) is 0 Å². The van der Waals surface area contributed by atoms with Crippen LogP contribution in [0.4, 0.5) is 0 Å². The summed E-state index contributed by atoms with van der Waals surface area (Å²) in [6.45, 7) is 7.51. The Kier molecular flexibility index (Phi) is 3.54. The van der Waals surface area contributed by atoms with E-state index in [4.69, 9.17) is 5.26 Å². The second kappa shape index (κ2) is 3.73. The molecule has 0 radical (unpaired) electrons. The van der Waals surface area contributed by atoms with Gasteiger partial charge in [-0.15, -0.1) is 0 Å². The molecule has 0 saturated carbocycles. The van der Waals surface area contributed by atoms with Gasteiger partial charge in [0.2, 0.25) is 0 Å². The number of aliphatic hydroxyl groups excluding tert-OH is 1. The topological polar surface area (TPSA) is 44.0 Å². The monoisotopic (exact) mass is 155 g/mol. The number of hydrogen-bond acceptors (Lipinski definition) is 2. The van der Waals surface area contributed by atoms with Gasteiger partial charge in [0.25, 0.3) is 0 Å². The molecule has 0 aliphatic rings. The molecule has 0 saturated heterocycles. The number of nitrogens with zero attached hydrogens (tertiary/aromatic N) is 1. The molecule has 2 nitrogen and oxygen atoms in total. The zero-order valence-electron chi connectivity index (χ0n) is 7.76. The third-order valence-corrected chi connectivity index (χ3v) is 2.21. The largest absolute Gasteiger partial charge is 0.391 e. The zero-order chi connectivity index (χ0) is 9.07. The summed E-state index contributed by atoms with van der Waals surface area (Å²) >= 11 is 0. The van der Waals surface area contributed by atoms with Gasteiger partial charge in [-0.3, -0.25) is 0 Å². The van der Waals surface area contributed by atoms with Crippen molar-refractivity contribution in [2.24, 2.45) is 11.3 Å². The molecule has 64 valence electrons. The third-order valence-electron chi connectivity index (χ3n) is 2.21. The van der Waals surface area contributed by atoms with Crippen LogP contribution in [0.5, 0.6) is 0 Å². The lowest BCUT2D eigenvalue weighted by atomic mass is 9.80. The van der Waals surface area contributed by atoms with E-state index in [9.17, 15) is 5.11 Å². The molecule has 11 heavy (non-hydrogen) atoms. The Hall–Kier alpha value is -0.550. The molecule has 0 aliphatic heterocycles. The van der Waals surface area contributed by atoms with Crippen LogP contribution in [-0.4, -0.2) is 11.2 Å². The maximum Gasteiger partial charge on any atom is 0.0778 e. The number of rotatable bonds is 3. The van der Waals surface area contributed by atoms with Gasteiger partial charge in [-0.05, 0) is 19.8 Å². The highest BCUT2D eigenvalue weighted by Gasteiger charge is 2.30. The smallest absolute Gasteiger partial charge is 0.0778 e. The maximum absolute atomic E-state index is 9.62. The number of aliphatic hydroxyl groups is 1. The molecular weight excluding hydrogens is 138 g/mol. The summed E-state index contributed by atoms with van der Waals surface area (Å²) < 4.78 is 0. The fourth-order valence-corrected chi connectivity index (χ4v) is 1.00. The quantitative estimate of drug-likeness (QED) is 0.677. The second-order valence-corrected chi connectivity index (χ2v) is 3.66. The highest BCUT2D eigenvalue weighted by atomic mass is 16.3. The number of nitriles is 1. The van der Waals surface area contributed by atoms with Crippen molar-refractivity contribution in [3.8, 4) is 6.07 Å². The van der Waals surface area contributed by atoms with Crippen LogP contribution in [0.25, 0.3) is 0 Å². The van der Waals surface area contributed by atoms with Crippen molar-refractivity contribution in [1.82, 2.24) is 0 Å². The van der Waals surface area contributed by atoms with E-state index < -0.39 is 11.5 Å². The number of hydrogen-bond donors (Lipinski definition) is 1. The van der Waals surface area contributed by atoms with Gasteiger partial charge in [-0.1, -0.05) is 20.3 Å². The summed E-state index contributed by atoms with van der Waals surface area (Å²) in [5.74, 6) is 0.199.